The van der Waals surface area contributed by atoms with Crippen molar-refractivity contribution >= 4 is 23.5 Å². The molecule has 9 nitrogen and oxygen atoms in total. The number of ketones is 2. The quantitative estimate of drug-likeness (QED) is 0.479. The summed E-state index contributed by atoms with van der Waals surface area (Å²) in [5.41, 5.74) is -0.933. The predicted molar refractivity (Wildman–Crippen MR) is 137 cm³/mol. The van der Waals surface area contributed by atoms with E-state index in [9.17, 15) is 24.3 Å². The van der Waals surface area contributed by atoms with Gasteiger partial charge in [-0.3, -0.25) is 14.4 Å². The molecule has 9 heteroatoms. The topological polar surface area (TPSA) is 128 Å². The van der Waals surface area contributed by atoms with Crippen molar-refractivity contribution in [3.8, 4) is 11.5 Å². The van der Waals surface area contributed by atoms with Crippen LogP contribution in [-0.4, -0.2) is 48.4 Å². The number of benzene rings is 2. The molecule has 1 aliphatic carbocycles. The van der Waals surface area contributed by atoms with Crippen molar-refractivity contribution < 1.29 is 38.5 Å². The lowest BCUT2D eigenvalue weighted by Gasteiger charge is -2.37. The zero-order valence-corrected chi connectivity index (χ0v) is 22.5. The number of methoxy groups -OCH3 is 2. The molecule has 2 aliphatic rings. The Morgan fingerprint density at radius 3 is 2.13 bits per heavy atom. The third kappa shape index (κ3) is 4.53. The minimum Gasteiger partial charge on any atom is -0.504 e. The molecule has 0 amide bonds. The molecule has 0 saturated heterocycles. The second-order valence-electron chi connectivity index (χ2n) is 11.3. The van der Waals surface area contributed by atoms with E-state index < -0.39 is 40.7 Å². The fourth-order valence-electron chi connectivity index (χ4n) is 5.46. The number of fused-ring (bicyclic) bond motifs is 3. The van der Waals surface area contributed by atoms with E-state index in [1.165, 1.54) is 25.3 Å². The molecule has 200 valence electrons. The molecule has 2 N–H and O–H groups in total. The number of ether oxygens (including phenoxy) is 3. The maximum Gasteiger partial charge on any atom is 0.340 e. The number of carbonyl (C=O) groups is 4. The summed E-state index contributed by atoms with van der Waals surface area (Å²) in [5, 5.41) is 14.5. The number of phenolic OH excluding ortho intramolecular Hbond substituents is 1. The van der Waals surface area contributed by atoms with Crippen molar-refractivity contribution in [3.63, 3.8) is 0 Å². The van der Waals surface area contributed by atoms with Gasteiger partial charge in [-0.15, -0.1) is 0 Å². The van der Waals surface area contributed by atoms with Gasteiger partial charge >= 0.3 is 11.9 Å². The molecule has 0 spiro atoms. The van der Waals surface area contributed by atoms with Crippen molar-refractivity contribution in [2.45, 2.75) is 52.5 Å². The van der Waals surface area contributed by atoms with Crippen LogP contribution in [0, 0.1) is 5.41 Å². The molecule has 0 saturated carbocycles. The number of phenols is 1. The summed E-state index contributed by atoms with van der Waals surface area (Å²) >= 11 is 0. The number of rotatable bonds is 5. The Bertz CT molecular complexity index is 1410. The van der Waals surface area contributed by atoms with Gasteiger partial charge in [0.15, 0.2) is 23.1 Å². The van der Waals surface area contributed by atoms with E-state index in [1.807, 2.05) is 13.8 Å². The molecule has 0 bridgehead atoms. The smallest absolute Gasteiger partial charge is 0.340 e. The zero-order chi connectivity index (χ0) is 28.2. The highest BCUT2D eigenvalue weighted by molar-refractivity contribution is 6.29. The van der Waals surface area contributed by atoms with Crippen LogP contribution >= 0.6 is 0 Å². The first-order valence-corrected chi connectivity index (χ1v) is 12.2. The molecular formula is C29H31NO8. The van der Waals surface area contributed by atoms with Crippen LogP contribution in [0.2, 0.25) is 0 Å². The summed E-state index contributed by atoms with van der Waals surface area (Å²) in [7, 11) is 2.33. The monoisotopic (exact) mass is 521 g/mol. The highest BCUT2D eigenvalue weighted by atomic mass is 16.5. The second-order valence-corrected chi connectivity index (χ2v) is 11.3. The van der Waals surface area contributed by atoms with Gasteiger partial charge in [0.1, 0.15) is 11.5 Å². The second kappa shape index (κ2) is 9.31. The highest BCUT2D eigenvalue weighted by Gasteiger charge is 2.46. The van der Waals surface area contributed by atoms with Crippen molar-refractivity contribution in [1.82, 2.24) is 5.32 Å². The van der Waals surface area contributed by atoms with Crippen LogP contribution in [-0.2, 0) is 19.1 Å². The zero-order valence-electron chi connectivity index (χ0n) is 22.5. The molecule has 1 atom stereocenters. The molecule has 0 fully saturated rings. The number of hydrogen-bond donors (Lipinski definition) is 2. The van der Waals surface area contributed by atoms with E-state index >= 15 is 0 Å². The Hall–Kier alpha value is -4.14. The number of esters is 2. The van der Waals surface area contributed by atoms with Gasteiger partial charge in [0.05, 0.1) is 19.8 Å². The van der Waals surface area contributed by atoms with Gasteiger partial charge in [-0.1, -0.05) is 45.0 Å². The average molecular weight is 522 g/mol. The molecular weight excluding hydrogens is 490 g/mol. The fourth-order valence-corrected chi connectivity index (χ4v) is 5.46. The van der Waals surface area contributed by atoms with Crippen LogP contribution in [0.15, 0.2) is 41.8 Å². The summed E-state index contributed by atoms with van der Waals surface area (Å²) in [6, 6.07) is 7.58. The Kier molecular flexibility index (Phi) is 6.59. The van der Waals surface area contributed by atoms with Gasteiger partial charge in [0, 0.05) is 27.8 Å². The minimum atomic E-state index is -1.40. The Labute approximate surface area is 220 Å². The van der Waals surface area contributed by atoms with Crippen LogP contribution in [0.5, 0.6) is 11.5 Å². The van der Waals surface area contributed by atoms with Gasteiger partial charge < -0.3 is 24.6 Å². The number of nitrogens with one attached hydrogen (secondary N) is 1. The van der Waals surface area contributed by atoms with E-state index in [2.05, 4.69) is 26.1 Å². The molecule has 0 radical (unpaired) electrons. The molecule has 1 aliphatic heterocycles. The summed E-state index contributed by atoms with van der Waals surface area (Å²) in [6.07, 6.45) is 0.636. The van der Waals surface area contributed by atoms with Gasteiger partial charge in [0.25, 0.3) is 0 Å². The van der Waals surface area contributed by atoms with Crippen molar-refractivity contribution in [2.24, 2.45) is 5.41 Å². The van der Waals surface area contributed by atoms with Gasteiger partial charge in [0.2, 0.25) is 5.88 Å². The van der Waals surface area contributed by atoms with Gasteiger partial charge in [-0.2, -0.15) is 0 Å². The molecule has 1 heterocycles. The molecule has 1 unspecified atom stereocenters. The molecule has 0 aromatic heterocycles. The summed E-state index contributed by atoms with van der Waals surface area (Å²) in [6.45, 7) is 9.96. The Balaban J connectivity index is 1.97. The number of aromatic hydroxyl groups is 1. The van der Waals surface area contributed by atoms with E-state index in [0.29, 0.717) is 6.42 Å². The van der Waals surface area contributed by atoms with Crippen molar-refractivity contribution in [1.29, 1.82) is 0 Å². The highest BCUT2D eigenvalue weighted by Crippen LogP contribution is 2.49. The maximum atomic E-state index is 13.4. The summed E-state index contributed by atoms with van der Waals surface area (Å²) < 4.78 is 16.1. The Morgan fingerprint density at radius 2 is 1.58 bits per heavy atom. The lowest BCUT2D eigenvalue weighted by atomic mass is 9.79. The standard InChI is InChI=1S/C29H31NO8/c1-28(2,3)13-29(4,5)30-25-20(27(35)37-7)18(26(34)36-6)17-12-16-19(23(33)24(17)38-25)22(32)15-11-9-8-10-14(15)21(16)31/h8-12,18,30,33H,13H2,1-7H3. The van der Waals surface area contributed by atoms with Crippen molar-refractivity contribution in [3.05, 3.63) is 69.6 Å². The summed E-state index contributed by atoms with van der Waals surface area (Å²) in [5.74, 6) is -5.09. The third-order valence-corrected chi connectivity index (χ3v) is 6.49. The molecule has 4 rings (SSSR count). The van der Waals surface area contributed by atoms with Crippen LogP contribution in [0.25, 0.3) is 0 Å². The number of hydrogen-bond acceptors (Lipinski definition) is 9. The molecule has 2 aromatic rings. The molecule has 38 heavy (non-hydrogen) atoms. The van der Waals surface area contributed by atoms with Crippen LogP contribution < -0.4 is 10.1 Å². The SMILES string of the molecule is COC(=O)C1=C(NC(C)(C)CC(C)(C)C)Oc2c(cc3c(c2O)C(=O)c2ccccc2C3=O)C1C(=O)OC. The van der Waals surface area contributed by atoms with Crippen molar-refractivity contribution in [2.75, 3.05) is 14.2 Å². The number of carbonyl (C=O) groups excluding carboxylic acids is 4. The largest absolute Gasteiger partial charge is 0.504 e. The van der Waals surface area contributed by atoms with E-state index in [-0.39, 0.29) is 50.4 Å². The average Bonchev–Trinajstić information content (AvgIpc) is 2.84. The summed E-state index contributed by atoms with van der Waals surface area (Å²) in [4.78, 5) is 52.9. The van der Waals surface area contributed by atoms with E-state index in [4.69, 9.17) is 14.2 Å². The van der Waals surface area contributed by atoms with Crippen LogP contribution in [0.1, 0.15) is 84.4 Å². The first-order chi connectivity index (χ1) is 17.7. The minimum absolute atomic E-state index is 0.00760. The maximum absolute atomic E-state index is 13.4. The van der Waals surface area contributed by atoms with E-state index in [0.717, 1.165) is 7.11 Å². The Morgan fingerprint density at radius 1 is 0.974 bits per heavy atom. The third-order valence-electron chi connectivity index (χ3n) is 6.49. The van der Waals surface area contributed by atoms with Crippen LogP contribution in [0.3, 0.4) is 0 Å². The predicted octanol–water partition coefficient (Wildman–Crippen LogP) is 4.01. The normalized spacial score (nSPS) is 16.7. The lowest BCUT2D eigenvalue weighted by Crippen LogP contribution is -2.45. The first-order valence-electron chi connectivity index (χ1n) is 12.2. The van der Waals surface area contributed by atoms with Gasteiger partial charge in [-0.05, 0) is 31.7 Å². The van der Waals surface area contributed by atoms with Crippen LogP contribution in [0.4, 0.5) is 0 Å². The fraction of sp³-hybridized carbons (Fsp3) is 0.379. The first kappa shape index (κ1) is 26.9. The van der Waals surface area contributed by atoms with E-state index in [1.54, 1.807) is 12.1 Å². The van der Waals surface area contributed by atoms with Gasteiger partial charge in [-0.25, -0.2) is 4.79 Å². The molecule has 2 aromatic carbocycles. The lowest BCUT2D eigenvalue weighted by molar-refractivity contribution is -0.145.